The second kappa shape index (κ2) is 18.0. The molecule has 55 heavy (non-hydrogen) atoms. The Bertz CT molecular complexity index is 2060. The first-order valence-corrected chi connectivity index (χ1v) is 19.1. The number of ketones is 1. The van der Waals surface area contributed by atoms with Gasteiger partial charge in [-0.15, -0.1) is 0 Å². The molecule has 0 aliphatic carbocycles. The van der Waals surface area contributed by atoms with Gasteiger partial charge in [0.1, 0.15) is 17.0 Å². The quantitative estimate of drug-likeness (QED) is 0.106. The summed E-state index contributed by atoms with van der Waals surface area (Å²) in [6.45, 7) is 15.7. The van der Waals surface area contributed by atoms with Crippen LogP contribution in [0.2, 0.25) is 5.02 Å². The molecule has 4 aromatic rings. The Morgan fingerprint density at radius 2 is 1.73 bits per heavy atom. The van der Waals surface area contributed by atoms with Crippen LogP contribution >= 0.6 is 11.6 Å². The lowest BCUT2D eigenvalue weighted by Crippen LogP contribution is -2.36. The Balaban J connectivity index is 1.28. The summed E-state index contributed by atoms with van der Waals surface area (Å²) in [4.78, 5) is 64.6. The molecule has 0 atom stereocenters. The molecule has 290 valence electrons. The van der Waals surface area contributed by atoms with Gasteiger partial charge in [-0.2, -0.15) is 0 Å². The van der Waals surface area contributed by atoms with Crippen molar-refractivity contribution in [3.63, 3.8) is 0 Å². The number of fused-ring (bicyclic) bond motifs is 1. The first kappa shape index (κ1) is 41.0. The molecule has 1 N–H and O–H groups in total. The number of benzene rings is 2. The Labute approximate surface area is 328 Å². The van der Waals surface area contributed by atoms with E-state index < -0.39 is 11.7 Å². The second-order valence-electron chi connectivity index (χ2n) is 14.8. The van der Waals surface area contributed by atoms with Crippen molar-refractivity contribution in [2.45, 2.75) is 86.4 Å². The van der Waals surface area contributed by atoms with Crippen molar-refractivity contribution < 1.29 is 28.7 Å². The molecule has 0 fully saturated rings. The van der Waals surface area contributed by atoms with Crippen LogP contribution in [0.3, 0.4) is 0 Å². The minimum Gasteiger partial charge on any atom is -0.465 e. The number of halogens is 1. The van der Waals surface area contributed by atoms with E-state index in [1.807, 2.05) is 88.9 Å². The van der Waals surface area contributed by atoms with Crippen LogP contribution in [0.5, 0.6) is 0 Å². The van der Waals surface area contributed by atoms with E-state index in [1.54, 1.807) is 30.2 Å². The molecule has 0 spiro atoms. The number of nitrogens with zero attached hydrogens (tertiary/aromatic N) is 4. The largest absolute Gasteiger partial charge is 0.465 e. The van der Waals surface area contributed by atoms with Gasteiger partial charge in [0.15, 0.2) is 5.78 Å². The van der Waals surface area contributed by atoms with Gasteiger partial charge in [0.2, 0.25) is 0 Å². The van der Waals surface area contributed by atoms with Crippen LogP contribution in [0.25, 0.3) is 11.1 Å². The van der Waals surface area contributed by atoms with E-state index in [0.29, 0.717) is 48.2 Å². The number of carbonyl (C=O) groups is 4. The summed E-state index contributed by atoms with van der Waals surface area (Å²) in [7, 11) is 0. The fourth-order valence-electron chi connectivity index (χ4n) is 6.61. The molecule has 2 aromatic carbocycles. The predicted octanol–water partition coefficient (Wildman–Crippen LogP) is 8.16. The Hall–Kier alpha value is -5.13. The highest BCUT2D eigenvalue weighted by molar-refractivity contribution is 6.34. The topological polar surface area (TPSA) is 131 Å². The molecule has 11 nitrogen and oxygen atoms in total. The summed E-state index contributed by atoms with van der Waals surface area (Å²) in [6.07, 6.45) is 2.76. The number of aromatic nitrogens is 2. The summed E-state index contributed by atoms with van der Waals surface area (Å²) in [5.41, 5.74) is 7.26. The molecule has 0 saturated carbocycles. The Kier molecular flexibility index (Phi) is 13.4. The molecule has 0 bridgehead atoms. The van der Waals surface area contributed by atoms with Crippen LogP contribution in [0.4, 0.5) is 10.5 Å². The van der Waals surface area contributed by atoms with Crippen LogP contribution in [-0.4, -0.2) is 75.4 Å². The fourth-order valence-corrected chi connectivity index (χ4v) is 6.90. The van der Waals surface area contributed by atoms with Crippen LogP contribution in [0, 0.1) is 13.8 Å². The Morgan fingerprint density at radius 3 is 2.42 bits per heavy atom. The first-order chi connectivity index (χ1) is 26.2. The average Bonchev–Trinajstić information content (AvgIpc) is 3.13. The number of hydrogen-bond donors (Lipinski definition) is 1. The number of aryl methyl sites for hydroxylation is 1. The molecule has 0 saturated heterocycles. The predicted molar refractivity (Wildman–Crippen MR) is 213 cm³/mol. The molecule has 1 aliphatic rings. The SMILES string of the molecule is CCCN(Cc1ccc(C(=O)Nc2cccc(-c3cccc(CC(=O)c4cc(C)c5c(n4)CN(CC(=O)OCC)CC5)c3Cl)c2C)nc1)C(=O)OC(C)(C)C. The third-order valence-electron chi connectivity index (χ3n) is 9.31. The van der Waals surface area contributed by atoms with Crippen molar-refractivity contribution in [1.29, 1.82) is 0 Å². The van der Waals surface area contributed by atoms with Crippen molar-refractivity contribution in [2.24, 2.45) is 0 Å². The van der Waals surface area contributed by atoms with Gasteiger partial charge in [0.25, 0.3) is 5.91 Å². The highest BCUT2D eigenvalue weighted by Gasteiger charge is 2.25. The maximum absolute atomic E-state index is 13.7. The third kappa shape index (κ3) is 10.6. The van der Waals surface area contributed by atoms with Crippen LogP contribution < -0.4 is 5.32 Å². The molecule has 1 aliphatic heterocycles. The van der Waals surface area contributed by atoms with E-state index >= 15 is 0 Å². The first-order valence-electron chi connectivity index (χ1n) is 18.7. The maximum atomic E-state index is 13.7. The Morgan fingerprint density at radius 1 is 0.982 bits per heavy atom. The standard InChI is InChI=1S/C43H50ClN5O6/c1-8-19-49(42(53)55-43(5,6)7)24-29-16-17-35(45-23-29)41(52)47-34-15-11-13-32(28(34)4)33-14-10-12-30(40(33)44)22-38(50)36-21-27(3)31-18-20-48(25-37(31)46-36)26-39(51)54-9-2/h10-17,21,23H,8-9,18-20,22,24-26H2,1-7H3,(H,47,52). The van der Waals surface area contributed by atoms with Crippen molar-refractivity contribution in [3.8, 4) is 11.1 Å². The summed E-state index contributed by atoms with van der Waals surface area (Å²) in [5, 5.41) is 3.42. The van der Waals surface area contributed by atoms with E-state index in [4.69, 9.17) is 26.1 Å². The molecular formula is C43H50ClN5O6. The molecule has 0 radical (unpaired) electrons. The van der Waals surface area contributed by atoms with E-state index in [-0.39, 0.29) is 36.3 Å². The second-order valence-corrected chi connectivity index (χ2v) is 15.2. The van der Waals surface area contributed by atoms with Crippen LogP contribution in [0.15, 0.2) is 60.8 Å². The molecule has 0 unspecified atom stereocenters. The molecular weight excluding hydrogens is 718 g/mol. The fraction of sp³-hybridized carbons (Fsp3) is 0.395. The van der Waals surface area contributed by atoms with Crippen LogP contribution in [0.1, 0.15) is 95.5 Å². The zero-order chi connectivity index (χ0) is 39.9. The molecule has 2 amide bonds. The van der Waals surface area contributed by atoms with Gasteiger partial charge in [0, 0.05) is 43.5 Å². The number of rotatable bonds is 13. The highest BCUT2D eigenvalue weighted by Crippen LogP contribution is 2.36. The minimum absolute atomic E-state index is 0.0511. The van der Waals surface area contributed by atoms with Crippen molar-refractivity contribution in [3.05, 3.63) is 111 Å². The summed E-state index contributed by atoms with van der Waals surface area (Å²) >= 11 is 7.01. The molecule has 5 rings (SSSR count). The van der Waals surface area contributed by atoms with Gasteiger partial charge in [-0.05, 0) is 106 Å². The monoisotopic (exact) mass is 767 g/mol. The average molecular weight is 768 g/mol. The highest BCUT2D eigenvalue weighted by atomic mass is 35.5. The molecule has 2 aromatic heterocycles. The van der Waals surface area contributed by atoms with Gasteiger partial charge in [-0.1, -0.05) is 54.9 Å². The number of nitrogens with one attached hydrogen (secondary N) is 1. The molecule has 12 heteroatoms. The lowest BCUT2D eigenvalue weighted by molar-refractivity contribution is -0.144. The van der Waals surface area contributed by atoms with Crippen LogP contribution in [-0.2, 0) is 40.2 Å². The zero-order valence-corrected chi connectivity index (χ0v) is 33.5. The smallest absolute Gasteiger partial charge is 0.410 e. The van der Waals surface area contributed by atoms with Gasteiger partial charge >= 0.3 is 12.1 Å². The molecule has 3 heterocycles. The number of carbonyl (C=O) groups excluding carboxylic acids is 4. The summed E-state index contributed by atoms with van der Waals surface area (Å²) in [5.74, 6) is -0.818. The number of Topliss-reactive ketones (excluding diaryl/α,β-unsaturated/α-hetero) is 1. The number of hydrogen-bond acceptors (Lipinski definition) is 9. The number of amides is 2. The maximum Gasteiger partial charge on any atom is 0.410 e. The van der Waals surface area contributed by atoms with E-state index in [1.165, 1.54) is 0 Å². The lowest BCUT2D eigenvalue weighted by Gasteiger charge is -2.28. The third-order valence-corrected chi connectivity index (χ3v) is 9.75. The van der Waals surface area contributed by atoms with Gasteiger partial charge in [-0.3, -0.25) is 24.3 Å². The minimum atomic E-state index is -0.607. The lowest BCUT2D eigenvalue weighted by atomic mass is 9.94. The zero-order valence-electron chi connectivity index (χ0n) is 32.8. The van der Waals surface area contributed by atoms with E-state index in [2.05, 4.69) is 10.3 Å². The number of ether oxygens (including phenoxy) is 2. The van der Waals surface area contributed by atoms with Crippen molar-refractivity contribution in [2.75, 3.05) is 31.6 Å². The van der Waals surface area contributed by atoms with Crippen molar-refractivity contribution >= 4 is 41.0 Å². The number of pyridine rings is 2. The van der Waals surface area contributed by atoms with Crippen molar-refractivity contribution in [1.82, 2.24) is 19.8 Å². The van der Waals surface area contributed by atoms with Gasteiger partial charge < -0.3 is 19.7 Å². The normalized spacial score (nSPS) is 12.8. The summed E-state index contributed by atoms with van der Waals surface area (Å²) < 4.78 is 10.7. The van der Waals surface area contributed by atoms with E-state index in [9.17, 15) is 19.2 Å². The van der Waals surface area contributed by atoms with E-state index in [0.717, 1.165) is 58.5 Å². The summed E-state index contributed by atoms with van der Waals surface area (Å²) in [6, 6.07) is 16.4. The van der Waals surface area contributed by atoms with Gasteiger partial charge in [-0.25, -0.2) is 9.78 Å². The number of anilines is 1. The number of esters is 1. The van der Waals surface area contributed by atoms with Gasteiger partial charge in [0.05, 0.1) is 30.4 Å².